The third kappa shape index (κ3) is 2.72. The van der Waals surface area contributed by atoms with E-state index in [1.165, 1.54) is 29.7 Å². The van der Waals surface area contributed by atoms with Crippen molar-refractivity contribution in [3.05, 3.63) is 29.6 Å². The normalized spacial score (nSPS) is 11.3. The van der Waals surface area contributed by atoms with Crippen LogP contribution in [0.3, 0.4) is 0 Å². The lowest BCUT2D eigenvalue weighted by atomic mass is 10.2. The van der Waals surface area contributed by atoms with Gasteiger partial charge in [-0.1, -0.05) is 19.4 Å². The van der Waals surface area contributed by atoms with Crippen LogP contribution in [0, 0.1) is 6.92 Å². The van der Waals surface area contributed by atoms with Crippen LogP contribution in [0.2, 0.25) is 0 Å². The molecule has 0 saturated heterocycles. The van der Waals surface area contributed by atoms with Gasteiger partial charge in [-0.05, 0) is 38.1 Å². The Bertz CT molecular complexity index is 514. The summed E-state index contributed by atoms with van der Waals surface area (Å²) in [4.78, 5) is 4.79. The van der Waals surface area contributed by atoms with E-state index in [9.17, 15) is 0 Å². The van der Waals surface area contributed by atoms with Gasteiger partial charge >= 0.3 is 0 Å². The van der Waals surface area contributed by atoms with Crippen molar-refractivity contribution in [2.24, 2.45) is 0 Å². The molecule has 3 heteroatoms. The number of aryl methyl sites for hydroxylation is 2. The third-order valence-electron chi connectivity index (χ3n) is 3.32. The molecule has 1 N–H and O–H groups in total. The number of hydrogen-bond acceptors (Lipinski definition) is 2. The number of likely N-dealkylation sites (N-methyl/N-ethyl adjacent to an activating group) is 1. The van der Waals surface area contributed by atoms with Gasteiger partial charge in [0.05, 0.1) is 11.0 Å². The first-order valence-corrected chi connectivity index (χ1v) is 6.86. The Hall–Kier alpha value is -1.35. The zero-order valence-electron chi connectivity index (χ0n) is 11.7. The smallest absolute Gasteiger partial charge is 0.111 e. The molecule has 0 radical (unpaired) electrons. The molecule has 0 aliphatic rings. The fourth-order valence-corrected chi connectivity index (χ4v) is 2.28. The van der Waals surface area contributed by atoms with Gasteiger partial charge in [0.1, 0.15) is 5.82 Å². The highest BCUT2D eigenvalue weighted by Gasteiger charge is 2.09. The molecule has 98 valence electrons. The highest BCUT2D eigenvalue weighted by molar-refractivity contribution is 5.76. The Balaban J connectivity index is 2.39. The lowest BCUT2D eigenvalue weighted by Gasteiger charge is -2.08. The van der Waals surface area contributed by atoms with Gasteiger partial charge in [-0.3, -0.25) is 0 Å². The number of benzene rings is 1. The molecule has 1 aromatic carbocycles. The Kier molecular flexibility index (Phi) is 4.37. The summed E-state index contributed by atoms with van der Waals surface area (Å²) in [5.41, 5.74) is 3.69. The summed E-state index contributed by atoms with van der Waals surface area (Å²) in [5, 5.41) is 3.20. The minimum atomic E-state index is 0.981. The summed E-state index contributed by atoms with van der Waals surface area (Å²) in [5.74, 6) is 1.21. The topological polar surface area (TPSA) is 29.9 Å². The summed E-state index contributed by atoms with van der Waals surface area (Å²) >= 11 is 0. The molecule has 3 nitrogen and oxygen atoms in total. The molecule has 2 aromatic rings. The summed E-state index contributed by atoms with van der Waals surface area (Å²) in [6.07, 6.45) is 3.43. The zero-order valence-corrected chi connectivity index (χ0v) is 11.7. The first kappa shape index (κ1) is 13.1. The van der Waals surface area contributed by atoms with Gasteiger partial charge in [-0.2, -0.15) is 0 Å². The second kappa shape index (κ2) is 6.01. The predicted octanol–water partition coefficient (Wildman–Crippen LogP) is 2.91. The van der Waals surface area contributed by atoms with Crippen LogP contribution in [0.25, 0.3) is 11.0 Å². The summed E-state index contributed by atoms with van der Waals surface area (Å²) < 4.78 is 2.38. The molecule has 2 rings (SSSR count). The van der Waals surface area contributed by atoms with Crippen molar-refractivity contribution in [2.75, 3.05) is 13.6 Å². The van der Waals surface area contributed by atoms with E-state index >= 15 is 0 Å². The zero-order chi connectivity index (χ0) is 13.0. The Labute approximate surface area is 109 Å². The first-order valence-electron chi connectivity index (χ1n) is 6.86. The fraction of sp³-hybridized carbons (Fsp3) is 0.533. The van der Waals surface area contributed by atoms with Crippen molar-refractivity contribution in [1.82, 2.24) is 14.9 Å². The number of imidazole rings is 1. The van der Waals surface area contributed by atoms with E-state index in [0.717, 1.165) is 25.0 Å². The van der Waals surface area contributed by atoms with E-state index in [2.05, 4.69) is 41.9 Å². The van der Waals surface area contributed by atoms with Gasteiger partial charge in [0, 0.05) is 19.5 Å². The van der Waals surface area contributed by atoms with E-state index in [-0.39, 0.29) is 0 Å². The standard InChI is InChI=1S/C15H23N3/c1-4-5-10-18-14-7-6-12(2)11-13(14)17-15(18)8-9-16-3/h6-7,11,16H,4-5,8-10H2,1-3H3. The first-order chi connectivity index (χ1) is 8.76. The average molecular weight is 245 g/mol. The average Bonchev–Trinajstić information content (AvgIpc) is 2.70. The molecule has 18 heavy (non-hydrogen) atoms. The molecular formula is C15H23N3. The number of unbranched alkanes of at least 4 members (excludes halogenated alkanes) is 1. The van der Waals surface area contributed by atoms with Crippen LogP contribution >= 0.6 is 0 Å². The summed E-state index contributed by atoms with van der Waals surface area (Å²) in [6.45, 7) is 6.41. The van der Waals surface area contributed by atoms with Crippen molar-refractivity contribution in [3.8, 4) is 0 Å². The summed E-state index contributed by atoms with van der Waals surface area (Å²) in [7, 11) is 1.99. The maximum atomic E-state index is 4.79. The van der Waals surface area contributed by atoms with E-state index in [4.69, 9.17) is 4.98 Å². The third-order valence-corrected chi connectivity index (χ3v) is 3.32. The van der Waals surface area contributed by atoms with Crippen LogP contribution in [0.1, 0.15) is 31.2 Å². The minimum absolute atomic E-state index is 0.981. The molecule has 0 unspecified atom stereocenters. The van der Waals surface area contributed by atoms with Crippen molar-refractivity contribution >= 4 is 11.0 Å². The molecule has 0 amide bonds. The molecule has 1 aromatic heterocycles. The molecule has 0 aliphatic heterocycles. The van der Waals surface area contributed by atoms with Crippen LogP contribution < -0.4 is 5.32 Å². The van der Waals surface area contributed by atoms with E-state index in [1.807, 2.05) is 7.05 Å². The Morgan fingerprint density at radius 3 is 2.89 bits per heavy atom. The predicted molar refractivity (Wildman–Crippen MR) is 77.0 cm³/mol. The lowest BCUT2D eigenvalue weighted by molar-refractivity contribution is 0.607. The van der Waals surface area contributed by atoms with Gasteiger partial charge in [-0.25, -0.2) is 4.98 Å². The van der Waals surface area contributed by atoms with Crippen LogP contribution in [0.15, 0.2) is 18.2 Å². The van der Waals surface area contributed by atoms with Crippen molar-refractivity contribution in [3.63, 3.8) is 0 Å². The number of rotatable bonds is 6. The van der Waals surface area contributed by atoms with E-state index < -0.39 is 0 Å². The Morgan fingerprint density at radius 1 is 1.33 bits per heavy atom. The second-order valence-electron chi connectivity index (χ2n) is 4.88. The van der Waals surface area contributed by atoms with Crippen molar-refractivity contribution in [1.29, 1.82) is 0 Å². The molecule has 0 fully saturated rings. The SMILES string of the molecule is CCCCn1c(CCNC)nc2cc(C)ccc21. The van der Waals surface area contributed by atoms with Crippen LogP contribution in [-0.2, 0) is 13.0 Å². The highest BCUT2D eigenvalue weighted by atomic mass is 15.1. The second-order valence-corrected chi connectivity index (χ2v) is 4.88. The molecule has 0 bridgehead atoms. The monoisotopic (exact) mass is 245 g/mol. The van der Waals surface area contributed by atoms with Crippen LogP contribution in [0.5, 0.6) is 0 Å². The molecule has 0 atom stereocenters. The molecule has 0 aliphatic carbocycles. The number of hydrogen-bond donors (Lipinski definition) is 1. The van der Waals surface area contributed by atoms with Gasteiger partial charge in [-0.15, -0.1) is 0 Å². The molecule has 0 spiro atoms. The lowest BCUT2D eigenvalue weighted by Crippen LogP contribution is -2.14. The molecular weight excluding hydrogens is 222 g/mol. The number of aromatic nitrogens is 2. The number of fused-ring (bicyclic) bond motifs is 1. The largest absolute Gasteiger partial charge is 0.328 e. The maximum absolute atomic E-state index is 4.79. The minimum Gasteiger partial charge on any atom is -0.328 e. The van der Waals surface area contributed by atoms with Gasteiger partial charge in [0.25, 0.3) is 0 Å². The molecule has 1 heterocycles. The summed E-state index contributed by atoms with van der Waals surface area (Å²) in [6, 6.07) is 6.56. The van der Waals surface area contributed by atoms with E-state index in [1.54, 1.807) is 0 Å². The maximum Gasteiger partial charge on any atom is 0.111 e. The van der Waals surface area contributed by atoms with Gasteiger partial charge in [0.15, 0.2) is 0 Å². The van der Waals surface area contributed by atoms with E-state index in [0.29, 0.717) is 0 Å². The van der Waals surface area contributed by atoms with Crippen molar-refractivity contribution in [2.45, 2.75) is 39.7 Å². The van der Waals surface area contributed by atoms with Crippen molar-refractivity contribution < 1.29 is 0 Å². The number of nitrogens with one attached hydrogen (secondary N) is 1. The van der Waals surface area contributed by atoms with Gasteiger partial charge in [0.2, 0.25) is 0 Å². The highest BCUT2D eigenvalue weighted by Crippen LogP contribution is 2.19. The van der Waals surface area contributed by atoms with Crippen LogP contribution in [-0.4, -0.2) is 23.1 Å². The quantitative estimate of drug-likeness (QED) is 0.848. The van der Waals surface area contributed by atoms with Gasteiger partial charge < -0.3 is 9.88 Å². The fourth-order valence-electron chi connectivity index (χ4n) is 2.28. The van der Waals surface area contributed by atoms with Crippen LogP contribution in [0.4, 0.5) is 0 Å². The number of nitrogens with zero attached hydrogens (tertiary/aromatic N) is 2. The Morgan fingerprint density at radius 2 is 2.17 bits per heavy atom. The molecule has 0 saturated carbocycles.